The van der Waals surface area contributed by atoms with E-state index in [2.05, 4.69) is 10.6 Å². The first-order valence-electron chi connectivity index (χ1n) is 5.72. The van der Waals surface area contributed by atoms with Gasteiger partial charge in [-0.15, -0.1) is 0 Å². The van der Waals surface area contributed by atoms with Gasteiger partial charge in [-0.1, -0.05) is 6.42 Å². The van der Waals surface area contributed by atoms with Crippen molar-refractivity contribution in [3.8, 4) is 0 Å². The topological polar surface area (TPSA) is 75.3 Å². The minimum Gasteiger partial charge on any atom is -0.355 e. The van der Waals surface area contributed by atoms with Gasteiger partial charge in [0.05, 0.1) is 5.75 Å². The van der Waals surface area contributed by atoms with E-state index >= 15 is 0 Å². The lowest BCUT2D eigenvalue weighted by Crippen LogP contribution is -2.43. The fraction of sp³-hybridized carbons (Fsp3) is 0.900. The summed E-state index contributed by atoms with van der Waals surface area (Å²) in [7, 11) is -1.35. The summed E-state index contributed by atoms with van der Waals surface area (Å²) in [6.45, 7) is 1.35. The molecule has 0 aliphatic carbocycles. The van der Waals surface area contributed by atoms with Gasteiger partial charge < -0.3 is 10.6 Å². The van der Waals surface area contributed by atoms with Crippen LogP contribution < -0.4 is 10.6 Å². The summed E-state index contributed by atoms with van der Waals surface area (Å²) >= 11 is 0. The van der Waals surface area contributed by atoms with Crippen LogP contribution in [-0.2, 0) is 14.6 Å². The van der Waals surface area contributed by atoms with Crippen LogP contribution in [0.3, 0.4) is 0 Å². The van der Waals surface area contributed by atoms with Crippen molar-refractivity contribution in [2.75, 3.05) is 25.9 Å². The second-order valence-corrected chi connectivity index (χ2v) is 6.40. The van der Waals surface area contributed by atoms with E-state index in [1.54, 1.807) is 0 Å². The number of nitrogens with one attached hydrogen (secondary N) is 2. The first-order chi connectivity index (χ1) is 7.58. The zero-order chi connectivity index (χ0) is 12.0. The number of carbonyl (C=O) groups is 1. The van der Waals surface area contributed by atoms with Gasteiger partial charge in [0.15, 0.2) is 9.84 Å². The number of hydrogen-bond donors (Lipinski definition) is 2. The molecule has 0 radical (unpaired) electrons. The van der Waals surface area contributed by atoms with E-state index in [0.717, 1.165) is 19.4 Å². The zero-order valence-corrected chi connectivity index (χ0v) is 10.5. The minimum absolute atomic E-state index is 0.154. The van der Waals surface area contributed by atoms with Crippen LogP contribution in [0.2, 0.25) is 0 Å². The van der Waals surface area contributed by atoms with E-state index in [9.17, 15) is 13.2 Å². The molecule has 1 fully saturated rings. The highest BCUT2D eigenvalue weighted by atomic mass is 32.2. The highest BCUT2D eigenvalue weighted by Gasteiger charge is 2.34. The van der Waals surface area contributed by atoms with Gasteiger partial charge >= 0.3 is 0 Å². The maximum Gasteiger partial charge on any atom is 0.238 e. The molecule has 1 unspecified atom stereocenters. The van der Waals surface area contributed by atoms with Crippen LogP contribution in [-0.4, -0.2) is 45.5 Å². The lowest BCUT2D eigenvalue weighted by Gasteiger charge is -2.21. The van der Waals surface area contributed by atoms with Crippen LogP contribution in [0.15, 0.2) is 0 Å². The van der Waals surface area contributed by atoms with Gasteiger partial charge in [0.1, 0.15) is 5.25 Å². The molecule has 1 saturated heterocycles. The van der Waals surface area contributed by atoms with E-state index in [1.165, 1.54) is 0 Å². The largest absolute Gasteiger partial charge is 0.355 e. The molecule has 0 saturated carbocycles. The van der Waals surface area contributed by atoms with Gasteiger partial charge in [-0.25, -0.2) is 8.42 Å². The molecule has 1 amide bonds. The normalized spacial score (nSPS) is 23.9. The van der Waals surface area contributed by atoms with Crippen molar-refractivity contribution in [3.63, 3.8) is 0 Å². The van der Waals surface area contributed by atoms with Gasteiger partial charge in [0.25, 0.3) is 0 Å². The van der Waals surface area contributed by atoms with Crippen molar-refractivity contribution in [2.45, 2.75) is 30.9 Å². The van der Waals surface area contributed by atoms with E-state index in [-0.39, 0.29) is 11.7 Å². The van der Waals surface area contributed by atoms with Crippen molar-refractivity contribution < 1.29 is 13.2 Å². The highest BCUT2D eigenvalue weighted by molar-refractivity contribution is 7.92. The molecule has 16 heavy (non-hydrogen) atoms. The first kappa shape index (κ1) is 13.4. The van der Waals surface area contributed by atoms with Crippen molar-refractivity contribution in [1.82, 2.24) is 10.6 Å². The maximum absolute atomic E-state index is 11.7. The fourth-order valence-electron chi connectivity index (χ4n) is 1.84. The number of amides is 1. The fourth-order valence-corrected chi connectivity index (χ4v) is 3.67. The highest BCUT2D eigenvalue weighted by Crippen LogP contribution is 2.19. The van der Waals surface area contributed by atoms with E-state index in [0.29, 0.717) is 19.4 Å². The van der Waals surface area contributed by atoms with Crippen LogP contribution in [0.5, 0.6) is 0 Å². The number of sulfone groups is 1. The summed E-state index contributed by atoms with van der Waals surface area (Å²) < 4.78 is 23.3. The molecule has 0 spiro atoms. The molecule has 0 aromatic rings. The predicted molar refractivity (Wildman–Crippen MR) is 63.0 cm³/mol. The second kappa shape index (κ2) is 6.20. The lowest BCUT2D eigenvalue weighted by atomic mass is 10.2. The van der Waals surface area contributed by atoms with Crippen LogP contribution in [0.4, 0.5) is 0 Å². The Hall–Kier alpha value is -0.620. The molecule has 0 aromatic carbocycles. The van der Waals surface area contributed by atoms with Crippen LogP contribution >= 0.6 is 0 Å². The van der Waals surface area contributed by atoms with Gasteiger partial charge in [0.2, 0.25) is 5.91 Å². The van der Waals surface area contributed by atoms with Crippen LogP contribution in [0.25, 0.3) is 0 Å². The van der Waals surface area contributed by atoms with E-state index < -0.39 is 15.1 Å². The molecule has 1 aliphatic heterocycles. The molecular weight excluding hydrogens is 228 g/mol. The molecule has 1 aliphatic rings. The Balaban J connectivity index is 2.40. The number of carbonyl (C=O) groups excluding carboxylic acids is 1. The van der Waals surface area contributed by atoms with Crippen molar-refractivity contribution >= 4 is 15.7 Å². The summed E-state index contributed by atoms with van der Waals surface area (Å²) in [5.74, 6) is -0.169. The van der Waals surface area contributed by atoms with Crippen molar-refractivity contribution in [2.24, 2.45) is 0 Å². The molecule has 1 rings (SSSR count). The minimum atomic E-state index is -3.19. The van der Waals surface area contributed by atoms with Crippen molar-refractivity contribution in [1.29, 1.82) is 0 Å². The third-order valence-corrected chi connectivity index (χ3v) is 4.95. The van der Waals surface area contributed by atoms with Crippen LogP contribution in [0, 0.1) is 0 Å². The van der Waals surface area contributed by atoms with E-state index in [1.807, 2.05) is 7.05 Å². The molecular formula is C10H20N2O3S. The zero-order valence-electron chi connectivity index (χ0n) is 9.66. The first-order valence-corrected chi connectivity index (χ1v) is 7.43. The number of rotatable bonds is 5. The molecule has 6 heteroatoms. The van der Waals surface area contributed by atoms with Gasteiger partial charge in [0, 0.05) is 6.54 Å². The molecule has 1 heterocycles. The number of hydrogen-bond acceptors (Lipinski definition) is 4. The Morgan fingerprint density at radius 3 is 2.69 bits per heavy atom. The lowest BCUT2D eigenvalue weighted by molar-refractivity contribution is -0.120. The Bertz CT molecular complexity index is 327. The van der Waals surface area contributed by atoms with Crippen molar-refractivity contribution in [3.05, 3.63) is 0 Å². The average Bonchev–Trinajstić information content (AvgIpc) is 2.23. The Morgan fingerprint density at radius 1 is 1.31 bits per heavy atom. The standard InChI is InChI=1S/C10H20N2O3S/c1-11-6-4-7-12-10(13)9-5-2-3-8-16(9,14)15/h9,11H,2-8H2,1H3,(H,12,13). The monoisotopic (exact) mass is 248 g/mol. The third-order valence-electron chi connectivity index (χ3n) is 2.77. The molecule has 0 bridgehead atoms. The molecule has 0 aromatic heterocycles. The summed E-state index contributed by atoms with van der Waals surface area (Å²) in [5.41, 5.74) is 0. The summed E-state index contributed by atoms with van der Waals surface area (Å²) in [6, 6.07) is 0. The second-order valence-electron chi connectivity index (χ2n) is 4.10. The Kier molecular flexibility index (Phi) is 5.21. The summed E-state index contributed by atoms with van der Waals surface area (Å²) in [6.07, 6.45) is 2.80. The molecule has 1 atom stereocenters. The maximum atomic E-state index is 11.7. The molecule has 94 valence electrons. The molecule has 2 N–H and O–H groups in total. The Morgan fingerprint density at radius 2 is 2.06 bits per heavy atom. The van der Waals surface area contributed by atoms with Crippen LogP contribution in [0.1, 0.15) is 25.7 Å². The van der Waals surface area contributed by atoms with Gasteiger partial charge in [-0.05, 0) is 32.9 Å². The summed E-state index contributed by atoms with van der Waals surface area (Å²) in [5, 5.41) is 4.84. The smallest absolute Gasteiger partial charge is 0.238 e. The predicted octanol–water partition coefficient (Wildman–Crippen LogP) is -0.321. The molecule has 5 nitrogen and oxygen atoms in total. The third kappa shape index (κ3) is 3.75. The van der Waals surface area contributed by atoms with E-state index in [4.69, 9.17) is 0 Å². The summed E-state index contributed by atoms with van der Waals surface area (Å²) in [4.78, 5) is 11.7. The SMILES string of the molecule is CNCCCNC(=O)C1CCCCS1(=O)=O. The van der Waals surface area contributed by atoms with Gasteiger partial charge in [-0.2, -0.15) is 0 Å². The quantitative estimate of drug-likeness (QED) is 0.654. The average molecular weight is 248 g/mol. The Labute approximate surface area is 96.9 Å². The van der Waals surface area contributed by atoms with Gasteiger partial charge in [-0.3, -0.25) is 4.79 Å².